The summed E-state index contributed by atoms with van der Waals surface area (Å²) in [6.07, 6.45) is 2.99. The molecule has 0 spiro atoms. The third kappa shape index (κ3) is 3.37. The number of nitrogens with zero attached hydrogens (tertiary/aromatic N) is 2. The molecule has 4 nitrogen and oxygen atoms in total. The van der Waals surface area contributed by atoms with Gasteiger partial charge in [-0.15, -0.1) is 24.2 Å². The lowest BCUT2D eigenvalue weighted by Gasteiger charge is -2.34. The van der Waals surface area contributed by atoms with Crippen LogP contribution in [0.4, 0.5) is 0 Å². The summed E-state index contributed by atoms with van der Waals surface area (Å²) in [6, 6.07) is 7.73. The zero-order valence-electron chi connectivity index (χ0n) is 11.6. The van der Waals surface area contributed by atoms with Gasteiger partial charge in [0.1, 0.15) is 0 Å². The maximum absolute atomic E-state index is 6.20. The van der Waals surface area contributed by atoms with E-state index in [2.05, 4.69) is 10.1 Å². The van der Waals surface area contributed by atoms with Crippen molar-refractivity contribution in [2.45, 2.75) is 41.9 Å². The fraction of sp³-hybridized carbons (Fsp3) is 0.429. The quantitative estimate of drug-likeness (QED) is 0.835. The van der Waals surface area contributed by atoms with Crippen LogP contribution >= 0.6 is 35.8 Å². The first-order valence-electron chi connectivity index (χ1n) is 6.63. The summed E-state index contributed by atoms with van der Waals surface area (Å²) < 4.78 is 5.36. The van der Waals surface area contributed by atoms with Gasteiger partial charge in [0.05, 0.1) is 15.8 Å². The van der Waals surface area contributed by atoms with E-state index < -0.39 is 0 Å². The van der Waals surface area contributed by atoms with Crippen molar-refractivity contribution in [3.8, 4) is 0 Å². The second kappa shape index (κ2) is 6.57. The van der Waals surface area contributed by atoms with Crippen LogP contribution in [0, 0.1) is 0 Å². The van der Waals surface area contributed by atoms with Crippen molar-refractivity contribution in [2.75, 3.05) is 0 Å². The van der Waals surface area contributed by atoms with Crippen LogP contribution in [-0.2, 0) is 5.54 Å². The van der Waals surface area contributed by atoms with Crippen molar-refractivity contribution in [2.24, 2.45) is 5.73 Å². The summed E-state index contributed by atoms with van der Waals surface area (Å²) in [5.41, 5.74) is 5.82. The third-order valence-corrected chi connectivity index (χ3v) is 5.23. The standard InChI is InChI=1S/C14H16ClN3OS.ClH/c1-9(20-11-6-3-2-5-10(11)15)12-17-13(18-19-12)14(16)7-4-8-14;/h2-3,5-6,9H,4,7-8,16H2,1H3;1H. The highest BCUT2D eigenvalue weighted by molar-refractivity contribution is 7.99. The average molecular weight is 346 g/mol. The second-order valence-corrected chi connectivity index (χ2v) is 6.95. The van der Waals surface area contributed by atoms with Gasteiger partial charge >= 0.3 is 0 Å². The third-order valence-electron chi connectivity index (χ3n) is 3.62. The molecule has 2 N–H and O–H groups in total. The normalized spacial score (nSPS) is 17.7. The lowest BCUT2D eigenvalue weighted by molar-refractivity contribution is 0.229. The second-order valence-electron chi connectivity index (χ2n) is 5.16. The van der Waals surface area contributed by atoms with E-state index in [0.717, 1.165) is 29.2 Å². The van der Waals surface area contributed by atoms with Crippen LogP contribution in [0.15, 0.2) is 33.7 Å². The van der Waals surface area contributed by atoms with Crippen molar-refractivity contribution in [1.29, 1.82) is 0 Å². The van der Waals surface area contributed by atoms with Crippen molar-refractivity contribution in [3.05, 3.63) is 41.0 Å². The van der Waals surface area contributed by atoms with Crippen LogP contribution in [-0.4, -0.2) is 10.1 Å². The van der Waals surface area contributed by atoms with Gasteiger partial charge in [-0.3, -0.25) is 0 Å². The highest BCUT2D eigenvalue weighted by atomic mass is 35.5. The molecule has 7 heteroatoms. The van der Waals surface area contributed by atoms with E-state index in [-0.39, 0.29) is 23.2 Å². The van der Waals surface area contributed by atoms with Crippen LogP contribution in [0.5, 0.6) is 0 Å². The number of aromatic nitrogens is 2. The minimum atomic E-state index is -0.378. The molecule has 0 radical (unpaired) electrons. The monoisotopic (exact) mass is 345 g/mol. The summed E-state index contributed by atoms with van der Waals surface area (Å²) in [7, 11) is 0. The Morgan fingerprint density at radius 1 is 1.38 bits per heavy atom. The van der Waals surface area contributed by atoms with Gasteiger partial charge in [-0.1, -0.05) is 28.9 Å². The Balaban J connectivity index is 0.00000161. The Morgan fingerprint density at radius 2 is 2.10 bits per heavy atom. The Labute approximate surface area is 139 Å². The molecule has 0 aliphatic heterocycles. The van der Waals surface area contributed by atoms with E-state index in [1.807, 2.05) is 31.2 Å². The lowest BCUT2D eigenvalue weighted by Crippen LogP contribution is -2.44. The van der Waals surface area contributed by atoms with E-state index in [1.54, 1.807) is 11.8 Å². The van der Waals surface area contributed by atoms with Gasteiger partial charge in [-0.2, -0.15) is 4.98 Å². The first-order chi connectivity index (χ1) is 9.58. The molecular weight excluding hydrogens is 329 g/mol. The zero-order valence-corrected chi connectivity index (χ0v) is 14.0. The Morgan fingerprint density at radius 3 is 2.71 bits per heavy atom. The molecule has 2 aromatic rings. The number of benzene rings is 1. The van der Waals surface area contributed by atoms with Crippen LogP contribution < -0.4 is 5.73 Å². The van der Waals surface area contributed by atoms with Crippen LogP contribution in [0.25, 0.3) is 0 Å². The summed E-state index contributed by atoms with van der Waals surface area (Å²) in [5.74, 6) is 1.23. The molecule has 1 aliphatic rings. The van der Waals surface area contributed by atoms with E-state index in [4.69, 9.17) is 21.9 Å². The fourth-order valence-electron chi connectivity index (χ4n) is 2.17. The smallest absolute Gasteiger partial charge is 0.239 e. The van der Waals surface area contributed by atoms with E-state index in [9.17, 15) is 0 Å². The highest BCUT2D eigenvalue weighted by Crippen LogP contribution is 2.40. The molecule has 3 rings (SSSR count). The minimum absolute atomic E-state index is 0. The average Bonchev–Trinajstić information content (AvgIpc) is 2.88. The molecule has 1 aromatic carbocycles. The fourth-order valence-corrected chi connectivity index (χ4v) is 3.35. The van der Waals surface area contributed by atoms with Gasteiger partial charge in [-0.25, -0.2) is 0 Å². The highest BCUT2D eigenvalue weighted by Gasteiger charge is 2.39. The molecule has 1 aromatic heterocycles. The van der Waals surface area contributed by atoms with Gasteiger partial charge in [-0.05, 0) is 38.3 Å². The predicted octanol–water partition coefficient (Wildman–Crippen LogP) is 4.34. The number of hydrogen-bond donors (Lipinski definition) is 1. The van der Waals surface area contributed by atoms with Gasteiger partial charge < -0.3 is 10.3 Å². The number of thioether (sulfide) groups is 1. The number of rotatable bonds is 4. The molecule has 1 aliphatic carbocycles. The molecule has 21 heavy (non-hydrogen) atoms. The van der Waals surface area contributed by atoms with Crippen molar-refractivity contribution >= 4 is 35.8 Å². The van der Waals surface area contributed by atoms with Crippen molar-refractivity contribution in [3.63, 3.8) is 0 Å². The molecule has 1 heterocycles. The summed E-state index contributed by atoms with van der Waals surface area (Å²) in [5, 5.41) is 4.81. The van der Waals surface area contributed by atoms with E-state index >= 15 is 0 Å². The molecule has 114 valence electrons. The summed E-state index contributed by atoms with van der Waals surface area (Å²) in [4.78, 5) is 5.47. The Kier molecular flexibility index (Phi) is 5.20. The van der Waals surface area contributed by atoms with Gasteiger partial charge in [0, 0.05) is 4.90 Å². The number of halogens is 2. The molecule has 0 saturated heterocycles. The minimum Gasteiger partial charge on any atom is -0.338 e. The molecule has 1 saturated carbocycles. The number of hydrogen-bond acceptors (Lipinski definition) is 5. The maximum atomic E-state index is 6.20. The molecular formula is C14H17Cl2N3OS. The lowest BCUT2D eigenvalue weighted by atomic mass is 9.77. The maximum Gasteiger partial charge on any atom is 0.239 e. The van der Waals surface area contributed by atoms with Gasteiger partial charge in [0.25, 0.3) is 0 Å². The van der Waals surface area contributed by atoms with E-state index in [0.29, 0.717) is 11.7 Å². The van der Waals surface area contributed by atoms with Crippen LogP contribution in [0.3, 0.4) is 0 Å². The number of nitrogens with two attached hydrogens (primary N) is 1. The molecule has 1 fully saturated rings. The van der Waals surface area contributed by atoms with Crippen LogP contribution in [0.2, 0.25) is 5.02 Å². The van der Waals surface area contributed by atoms with Crippen LogP contribution in [0.1, 0.15) is 43.2 Å². The Bertz CT molecular complexity index is 616. The molecule has 1 atom stereocenters. The van der Waals surface area contributed by atoms with E-state index in [1.165, 1.54) is 0 Å². The molecule has 1 unspecified atom stereocenters. The van der Waals surface area contributed by atoms with Gasteiger partial charge in [0.15, 0.2) is 5.82 Å². The Hall–Kier alpha value is -0.750. The van der Waals surface area contributed by atoms with Crippen molar-refractivity contribution in [1.82, 2.24) is 10.1 Å². The predicted molar refractivity (Wildman–Crippen MR) is 87.0 cm³/mol. The SMILES string of the molecule is CC(Sc1ccccc1Cl)c1nc(C2(N)CCC2)no1.Cl. The van der Waals surface area contributed by atoms with Gasteiger partial charge in [0.2, 0.25) is 5.89 Å². The topological polar surface area (TPSA) is 64.9 Å². The van der Waals surface area contributed by atoms with Crippen molar-refractivity contribution < 1.29 is 4.52 Å². The largest absolute Gasteiger partial charge is 0.338 e. The summed E-state index contributed by atoms with van der Waals surface area (Å²) in [6.45, 7) is 2.02. The first kappa shape index (κ1) is 16.6. The first-order valence-corrected chi connectivity index (χ1v) is 7.88. The summed E-state index contributed by atoms with van der Waals surface area (Å²) >= 11 is 7.76. The molecule has 0 bridgehead atoms. The molecule has 0 amide bonds. The zero-order chi connectivity index (χ0) is 14.2.